The normalized spacial score (nSPS) is 20.8. The highest BCUT2D eigenvalue weighted by Crippen LogP contribution is 2.15. The van der Waals surface area contributed by atoms with Crippen LogP contribution in [0, 0.1) is 0 Å². The van der Waals surface area contributed by atoms with Gasteiger partial charge in [0.1, 0.15) is 0 Å². The molecule has 2 N–H and O–H groups in total. The molecule has 0 spiro atoms. The number of aliphatic hydroxyl groups excluding tert-OH is 1. The Kier molecular flexibility index (Phi) is 7.61. The van der Waals surface area contributed by atoms with Crippen LogP contribution in [0.15, 0.2) is 29.1 Å². The van der Waals surface area contributed by atoms with Crippen LogP contribution in [0.4, 0.5) is 0 Å². The molecule has 5 nitrogen and oxygen atoms in total. The van der Waals surface area contributed by atoms with Gasteiger partial charge in [0.2, 0.25) is 0 Å². The molecule has 0 radical (unpaired) electrons. The van der Waals surface area contributed by atoms with E-state index in [4.69, 9.17) is 0 Å². The van der Waals surface area contributed by atoms with Crippen molar-refractivity contribution in [3.05, 3.63) is 34.7 Å². The smallest absolute Gasteiger partial charge is 0.328 e. The fourth-order valence-electron chi connectivity index (χ4n) is 3.28. The number of benzene rings is 1. The van der Waals surface area contributed by atoms with Gasteiger partial charge in [-0.2, -0.15) is 0 Å². The number of aryl methyl sites for hydroxylation is 2. The first-order valence-electron chi connectivity index (χ1n) is 7.74. The molecule has 0 amide bonds. The van der Waals surface area contributed by atoms with E-state index < -0.39 is 0 Å². The molecule has 0 unspecified atom stereocenters. The Morgan fingerprint density at radius 2 is 1.96 bits per heavy atom. The molecule has 2 heterocycles. The lowest BCUT2D eigenvalue weighted by atomic mass is 9.97. The van der Waals surface area contributed by atoms with Crippen LogP contribution in [0.25, 0.3) is 11.0 Å². The van der Waals surface area contributed by atoms with Crippen LogP contribution in [-0.4, -0.2) is 32.9 Å². The lowest BCUT2D eigenvalue weighted by Gasteiger charge is -2.28. The molecule has 0 aliphatic carbocycles. The summed E-state index contributed by atoms with van der Waals surface area (Å²) in [4.78, 5) is 12.3. The first kappa shape index (κ1) is 20.0. The molecule has 1 aromatic carbocycles. The molecule has 0 bridgehead atoms. The molecule has 1 aliphatic heterocycles. The molecule has 1 aromatic heterocycles. The zero-order chi connectivity index (χ0) is 14.8. The molecular formula is C16H25Cl2N3O2. The van der Waals surface area contributed by atoms with Gasteiger partial charge in [0, 0.05) is 19.6 Å². The maximum Gasteiger partial charge on any atom is 0.328 e. The topological polar surface area (TPSA) is 59.2 Å². The maximum absolute atomic E-state index is 12.3. The van der Waals surface area contributed by atoms with E-state index in [-0.39, 0.29) is 42.6 Å². The highest BCUT2D eigenvalue weighted by atomic mass is 35.5. The number of nitrogens with one attached hydrogen (secondary N) is 1. The lowest BCUT2D eigenvalue weighted by molar-refractivity contribution is 0.0909. The molecule has 1 aliphatic rings. The predicted octanol–water partition coefficient (Wildman–Crippen LogP) is 2.08. The van der Waals surface area contributed by atoms with Crippen molar-refractivity contribution in [2.75, 3.05) is 6.54 Å². The summed E-state index contributed by atoms with van der Waals surface area (Å²) in [6.45, 7) is 1.68. The Hall–Kier alpha value is -1.01. The highest BCUT2D eigenvalue weighted by Gasteiger charge is 2.22. The van der Waals surface area contributed by atoms with Crippen molar-refractivity contribution in [2.45, 2.75) is 44.4 Å². The molecular weight excluding hydrogens is 337 g/mol. The van der Waals surface area contributed by atoms with Crippen LogP contribution in [0.2, 0.25) is 0 Å². The van der Waals surface area contributed by atoms with E-state index in [1.54, 1.807) is 4.57 Å². The minimum atomic E-state index is -0.247. The summed E-state index contributed by atoms with van der Waals surface area (Å²) in [6, 6.07) is 8.05. The fraction of sp³-hybridized carbons (Fsp3) is 0.562. The van der Waals surface area contributed by atoms with E-state index in [0.29, 0.717) is 6.54 Å². The summed E-state index contributed by atoms with van der Waals surface area (Å²) in [5.74, 6) is 0. The Bertz CT molecular complexity index is 684. The number of nitrogens with zero attached hydrogens (tertiary/aromatic N) is 2. The van der Waals surface area contributed by atoms with Gasteiger partial charge in [-0.3, -0.25) is 9.13 Å². The van der Waals surface area contributed by atoms with Crippen molar-refractivity contribution in [1.29, 1.82) is 0 Å². The Morgan fingerprint density at radius 1 is 1.26 bits per heavy atom. The molecule has 1 saturated heterocycles. The highest BCUT2D eigenvalue weighted by molar-refractivity contribution is 5.85. The molecule has 23 heavy (non-hydrogen) atoms. The second-order valence-electron chi connectivity index (χ2n) is 5.89. The zero-order valence-electron chi connectivity index (χ0n) is 13.3. The summed E-state index contributed by atoms with van der Waals surface area (Å²) in [6.07, 6.45) is 3.47. The van der Waals surface area contributed by atoms with Gasteiger partial charge >= 0.3 is 5.69 Å². The van der Waals surface area contributed by atoms with Gasteiger partial charge < -0.3 is 10.4 Å². The molecule has 130 valence electrons. The van der Waals surface area contributed by atoms with Gasteiger partial charge in [-0.15, -0.1) is 24.8 Å². The third kappa shape index (κ3) is 4.10. The first-order valence-corrected chi connectivity index (χ1v) is 7.74. The Morgan fingerprint density at radius 3 is 2.65 bits per heavy atom. The SMILES string of the molecule is Cl.Cl.Cn1c(=O)n(CCC[C@H]2NCCC[C@@H]2O)c2ccccc21. The summed E-state index contributed by atoms with van der Waals surface area (Å²) in [5.41, 5.74) is 1.99. The van der Waals surface area contributed by atoms with Crippen molar-refractivity contribution in [2.24, 2.45) is 7.05 Å². The molecule has 3 rings (SSSR count). The van der Waals surface area contributed by atoms with E-state index in [1.807, 2.05) is 35.9 Å². The third-order valence-electron chi connectivity index (χ3n) is 4.50. The van der Waals surface area contributed by atoms with Crippen molar-refractivity contribution < 1.29 is 5.11 Å². The lowest BCUT2D eigenvalue weighted by Crippen LogP contribution is -2.44. The van der Waals surface area contributed by atoms with Crippen LogP contribution >= 0.6 is 24.8 Å². The average molecular weight is 362 g/mol. The number of rotatable bonds is 4. The van der Waals surface area contributed by atoms with Gasteiger partial charge in [-0.25, -0.2) is 4.79 Å². The number of para-hydroxylation sites is 2. The number of halogens is 2. The van der Waals surface area contributed by atoms with Crippen LogP contribution in [0.1, 0.15) is 25.7 Å². The number of aliphatic hydroxyl groups is 1. The van der Waals surface area contributed by atoms with Crippen molar-refractivity contribution >= 4 is 35.8 Å². The number of hydrogen-bond donors (Lipinski definition) is 2. The van der Waals surface area contributed by atoms with Crippen molar-refractivity contribution in [3.8, 4) is 0 Å². The van der Waals surface area contributed by atoms with Gasteiger partial charge in [0.05, 0.1) is 17.1 Å². The minimum Gasteiger partial charge on any atom is -0.392 e. The zero-order valence-corrected chi connectivity index (χ0v) is 14.9. The van der Waals surface area contributed by atoms with Gasteiger partial charge in [0.25, 0.3) is 0 Å². The quantitative estimate of drug-likeness (QED) is 0.876. The van der Waals surface area contributed by atoms with Crippen LogP contribution in [-0.2, 0) is 13.6 Å². The molecule has 1 fully saturated rings. The minimum absolute atomic E-state index is 0. The molecule has 2 aromatic rings. The molecule has 7 heteroatoms. The van der Waals surface area contributed by atoms with Crippen LogP contribution in [0.5, 0.6) is 0 Å². The van der Waals surface area contributed by atoms with Crippen molar-refractivity contribution in [3.63, 3.8) is 0 Å². The number of piperidine rings is 1. The summed E-state index contributed by atoms with van der Waals surface area (Å²) in [7, 11) is 1.81. The van der Waals surface area contributed by atoms with E-state index in [0.717, 1.165) is 43.3 Å². The summed E-state index contributed by atoms with van der Waals surface area (Å²) < 4.78 is 3.54. The number of fused-ring (bicyclic) bond motifs is 1. The van der Waals surface area contributed by atoms with Gasteiger partial charge in [-0.1, -0.05) is 12.1 Å². The Balaban J connectivity index is 0.00000132. The predicted molar refractivity (Wildman–Crippen MR) is 97.9 cm³/mol. The standard InChI is InChI=1S/C16H23N3O2.2ClH/c1-18-13-7-2-3-8-14(13)19(16(18)21)11-5-6-12-15(20)9-4-10-17-12;;/h2-3,7-8,12,15,17,20H,4-6,9-11H2,1H3;2*1H/t12-,15+;;/m1../s1. The average Bonchev–Trinajstić information content (AvgIpc) is 2.74. The van der Waals surface area contributed by atoms with Gasteiger partial charge in [-0.05, 0) is 44.4 Å². The monoisotopic (exact) mass is 361 g/mol. The Labute approximate surface area is 148 Å². The van der Waals surface area contributed by atoms with E-state index >= 15 is 0 Å². The number of aromatic nitrogens is 2. The fourth-order valence-corrected chi connectivity index (χ4v) is 3.28. The second-order valence-corrected chi connectivity index (χ2v) is 5.89. The van der Waals surface area contributed by atoms with Crippen LogP contribution in [0.3, 0.4) is 0 Å². The summed E-state index contributed by atoms with van der Waals surface area (Å²) in [5, 5.41) is 13.3. The molecule has 0 saturated carbocycles. The molecule has 2 atom stereocenters. The van der Waals surface area contributed by atoms with Gasteiger partial charge in [0.15, 0.2) is 0 Å². The largest absolute Gasteiger partial charge is 0.392 e. The second kappa shape index (κ2) is 8.73. The summed E-state index contributed by atoms with van der Waals surface area (Å²) >= 11 is 0. The maximum atomic E-state index is 12.3. The number of imidazole rings is 1. The van der Waals surface area contributed by atoms with E-state index in [2.05, 4.69) is 5.32 Å². The van der Waals surface area contributed by atoms with E-state index in [1.165, 1.54) is 0 Å². The van der Waals surface area contributed by atoms with Crippen molar-refractivity contribution in [1.82, 2.24) is 14.5 Å². The first-order chi connectivity index (χ1) is 10.2. The number of hydrogen-bond acceptors (Lipinski definition) is 3. The van der Waals surface area contributed by atoms with E-state index in [9.17, 15) is 9.90 Å². The third-order valence-corrected chi connectivity index (χ3v) is 4.50. The van der Waals surface area contributed by atoms with Crippen LogP contribution < -0.4 is 11.0 Å².